The number of guanidine groups is 1. The van der Waals surface area contributed by atoms with Crippen LogP contribution in [0.5, 0.6) is 0 Å². The van der Waals surface area contributed by atoms with E-state index in [-0.39, 0.29) is 6.54 Å². The highest BCUT2D eigenvalue weighted by molar-refractivity contribution is 5.79. The van der Waals surface area contributed by atoms with Gasteiger partial charge in [-0.25, -0.2) is 0 Å². The molecular weight excluding hydrogens is 219 g/mol. The van der Waals surface area contributed by atoms with Crippen LogP contribution < -0.4 is 10.6 Å². The van der Waals surface area contributed by atoms with Crippen LogP contribution in [0.1, 0.15) is 25.7 Å². The van der Waals surface area contributed by atoms with E-state index in [4.69, 9.17) is 0 Å². The number of alkyl halides is 3. The lowest BCUT2D eigenvalue weighted by Gasteiger charge is -2.12. The molecule has 2 N–H and O–H groups in total. The van der Waals surface area contributed by atoms with Gasteiger partial charge in [0.05, 0.1) is 6.42 Å². The van der Waals surface area contributed by atoms with Gasteiger partial charge in [0.1, 0.15) is 0 Å². The number of hydrogen-bond acceptors (Lipinski definition) is 1. The first-order chi connectivity index (χ1) is 7.51. The molecule has 0 unspecified atom stereocenters. The lowest BCUT2D eigenvalue weighted by molar-refractivity contribution is -0.132. The summed E-state index contributed by atoms with van der Waals surface area (Å²) in [6, 6.07) is 0. The minimum atomic E-state index is -4.11. The summed E-state index contributed by atoms with van der Waals surface area (Å²) in [6.07, 6.45) is -1.32. The highest BCUT2D eigenvalue weighted by Gasteiger charge is 2.26. The smallest absolute Gasteiger partial charge is 0.356 e. The van der Waals surface area contributed by atoms with Gasteiger partial charge in [0, 0.05) is 20.1 Å². The molecule has 0 aromatic carbocycles. The maximum Gasteiger partial charge on any atom is 0.390 e. The minimum absolute atomic E-state index is 0.132. The first-order valence-electron chi connectivity index (χ1n) is 5.52. The van der Waals surface area contributed by atoms with Crippen molar-refractivity contribution in [2.45, 2.75) is 31.9 Å². The monoisotopic (exact) mass is 237 g/mol. The Balaban J connectivity index is 2.06. The molecule has 1 aliphatic rings. The Labute approximate surface area is 93.5 Å². The van der Waals surface area contributed by atoms with Gasteiger partial charge in [-0.1, -0.05) is 12.8 Å². The van der Waals surface area contributed by atoms with E-state index in [2.05, 4.69) is 15.6 Å². The molecular formula is C10H18F3N3. The highest BCUT2D eigenvalue weighted by atomic mass is 19.4. The van der Waals surface area contributed by atoms with Gasteiger partial charge in [0.15, 0.2) is 5.96 Å². The number of nitrogens with zero attached hydrogens (tertiary/aromatic N) is 1. The molecule has 0 spiro atoms. The summed E-state index contributed by atoms with van der Waals surface area (Å²) in [5, 5.41) is 5.64. The molecule has 0 amide bonds. The van der Waals surface area contributed by atoms with Crippen molar-refractivity contribution in [3.63, 3.8) is 0 Å². The number of halogens is 3. The third-order valence-corrected chi connectivity index (χ3v) is 2.47. The standard InChI is InChI=1S/C10H18F3N3/c1-14-9(15-6-4-8-2-3-8)16-7-5-10(11,12)13/h8H,2-7H2,1H3,(H2,14,15,16). The van der Waals surface area contributed by atoms with Crippen molar-refractivity contribution < 1.29 is 13.2 Å². The average molecular weight is 237 g/mol. The lowest BCUT2D eigenvalue weighted by atomic mass is 10.3. The van der Waals surface area contributed by atoms with E-state index in [0.29, 0.717) is 5.96 Å². The van der Waals surface area contributed by atoms with Crippen LogP contribution in [0.2, 0.25) is 0 Å². The van der Waals surface area contributed by atoms with Crippen LogP contribution >= 0.6 is 0 Å². The van der Waals surface area contributed by atoms with E-state index in [1.165, 1.54) is 12.8 Å². The molecule has 1 aliphatic carbocycles. The fourth-order valence-electron chi connectivity index (χ4n) is 1.34. The van der Waals surface area contributed by atoms with Gasteiger partial charge in [-0.3, -0.25) is 4.99 Å². The van der Waals surface area contributed by atoms with Crippen molar-refractivity contribution >= 4 is 5.96 Å². The molecule has 16 heavy (non-hydrogen) atoms. The largest absolute Gasteiger partial charge is 0.390 e. The van der Waals surface area contributed by atoms with Crippen LogP contribution in [-0.2, 0) is 0 Å². The Bertz CT molecular complexity index is 234. The molecule has 0 saturated heterocycles. The van der Waals surface area contributed by atoms with E-state index in [1.54, 1.807) is 7.05 Å². The van der Waals surface area contributed by atoms with Crippen molar-refractivity contribution in [1.82, 2.24) is 10.6 Å². The van der Waals surface area contributed by atoms with Crippen molar-refractivity contribution in [2.24, 2.45) is 10.9 Å². The number of hydrogen-bond donors (Lipinski definition) is 2. The summed E-state index contributed by atoms with van der Waals surface area (Å²) in [5.74, 6) is 1.26. The zero-order chi connectivity index (χ0) is 12.0. The van der Waals surface area contributed by atoms with Gasteiger partial charge in [-0.15, -0.1) is 0 Å². The summed E-state index contributed by atoms with van der Waals surface area (Å²) in [6.45, 7) is 0.642. The van der Waals surface area contributed by atoms with E-state index in [0.717, 1.165) is 18.9 Å². The van der Waals surface area contributed by atoms with Gasteiger partial charge in [0.25, 0.3) is 0 Å². The van der Waals surface area contributed by atoms with Crippen molar-refractivity contribution in [3.05, 3.63) is 0 Å². The Morgan fingerprint density at radius 1 is 1.25 bits per heavy atom. The first-order valence-corrected chi connectivity index (χ1v) is 5.52. The predicted octanol–water partition coefficient (Wildman–Crippen LogP) is 1.90. The SMILES string of the molecule is CN=C(NCCC1CC1)NCCC(F)(F)F. The molecule has 0 aromatic heterocycles. The van der Waals surface area contributed by atoms with Crippen LogP contribution in [0.15, 0.2) is 4.99 Å². The lowest BCUT2D eigenvalue weighted by Crippen LogP contribution is -2.39. The molecule has 0 heterocycles. The van der Waals surface area contributed by atoms with Crippen LogP contribution in [-0.4, -0.2) is 32.3 Å². The third-order valence-electron chi connectivity index (χ3n) is 2.47. The minimum Gasteiger partial charge on any atom is -0.356 e. The molecule has 1 saturated carbocycles. The molecule has 0 aliphatic heterocycles. The van der Waals surface area contributed by atoms with Gasteiger partial charge in [0.2, 0.25) is 0 Å². The summed E-state index contributed by atoms with van der Waals surface area (Å²) < 4.78 is 35.6. The quantitative estimate of drug-likeness (QED) is 0.566. The van der Waals surface area contributed by atoms with Gasteiger partial charge < -0.3 is 10.6 Å². The topological polar surface area (TPSA) is 36.4 Å². The molecule has 94 valence electrons. The second-order valence-corrected chi connectivity index (χ2v) is 4.02. The molecule has 1 rings (SSSR count). The summed E-state index contributed by atoms with van der Waals surface area (Å²) in [4.78, 5) is 3.85. The average Bonchev–Trinajstić information content (AvgIpc) is 2.97. The fourth-order valence-corrected chi connectivity index (χ4v) is 1.34. The van der Waals surface area contributed by atoms with Crippen LogP contribution in [0.25, 0.3) is 0 Å². The first kappa shape index (κ1) is 13.1. The van der Waals surface area contributed by atoms with Gasteiger partial charge in [-0.2, -0.15) is 13.2 Å². The molecule has 0 aromatic rings. The normalized spacial score (nSPS) is 17.4. The number of aliphatic imine (C=N–C) groups is 1. The van der Waals surface area contributed by atoms with E-state index < -0.39 is 12.6 Å². The fraction of sp³-hybridized carbons (Fsp3) is 0.900. The van der Waals surface area contributed by atoms with Crippen LogP contribution in [0.4, 0.5) is 13.2 Å². The van der Waals surface area contributed by atoms with E-state index in [9.17, 15) is 13.2 Å². The highest BCUT2D eigenvalue weighted by Crippen LogP contribution is 2.31. The van der Waals surface area contributed by atoms with Crippen molar-refractivity contribution in [3.8, 4) is 0 Å². The summed E-state index contributed by atoms with van der Waals surface area (Å²) >= 11 is 0. The Kier molecular flexibility index (Phi) is 4.89. The molecule has 0 bridgehead atoms. The zero-order valence-corrected chi connectivity index (χ0v) is 9.40. The Morgan fingerprint density at radius 3 is 2.38 bits per heavy atom. The van der Waals surface area contributed by atoms with Crippen molar-refractivity contribution in [1.29, 1.82) is 0 Å². The van der Waals surface area contributed by atoms with Gasteiger partial charge in [-0.05, 0) is 12.3 Å². The molecule has 6 heteroatoms. The number of nitrogens with one attached hydrogen (secondary N) is 2. The van der Waals surface area contributed by atoms with E-state index in [1.807, 2.05) is 0 Å². The molecule has 0 radical (unpaired) electrons. The molecule has 3 nitrogen and oxygen atoms in total. The second kappa shape index (κ2) is 5.96. The van der Waals surface area contributed by atoms with Gasteiger partial charge >= 0.3 is 6.18 Å². The van der Waals surface area contributed by atoms with Crippen molar-refractivity contribution in [2.75, 3.05) is 20.1 Å². The van der Waals surface area contributed by atoms with Crippen LogP contribution in [0.3, 0.4) is 0 Å². The Hall–Kier alpha value is -0.940. The Morgan fingerprint density at radius 2 is 1.88 bits per heavy atom. The molecule has 1 fully saturated rings. The third kappa shape index (κ3) is 6.53. The maximum atomic E-state index is 11.9. The van der Waals surface area contributed by atoms with Crippen LogP contribution in [0, 0.1) is 5.92 Å². The molecule has 0 atom stereocenters. The number of rotatable bonds is 5. The van der Waals surface area contributed by atoms with E-state index >= 15 is 0 Å². The maximum absolute atomic E-state index is 11.9. The predicted molar refractivity (Wildman–Crippen MR) is 57.4 cm³/mol. The summed E-state index contributed by atoms with van der Waals surface area (Å²) in [7, 11) is 1.56. The zero-order valence-electron chi connectivity index (χ0n) is 9.40. The second-order valence-electron chi connectivity index (χ2n) is 4.02. The summed E-state index contributed by atoms with van der Waals surface area (Å²) in [5.41, 5.74) is 0.